The molecule has 0 saturated heterocycles. The maximum absolute atomic E-state index is 14.4. The number of rotatable bonds is 3. The summed E-state index contributed by atoms with van der Waals surface area (Å²) in [6.45, 7) is 17.7. The van der Waals surface area contributed by atoms with Gasteiger partial charge in [0.1, 0.15) is 23.0 Å². The van der Waals surface area contributed by atoms with Gasteiger partial charge in [0.15, 0.2) is 0 Å². The van der Waals surface area contributed by atoms with Gasteiger partial charge in [0, 0.05) is 33.7 Å². The molecule has 2 saturated carbocycles. The number of benzene rings is 2. The van der Waals surface area contributed by atoms with E-state index in [4.69, 9.17) is 0 Å². The topological polar surface area (TPSA) is 64.7 Å². The minimum absolute atomic E-state index is 0.0251. The number of hydrogen-bond donors (Lipinski definition) is 1. The van der Waals surface area contributed by atoms with Crippen LogP contribution < -0.4 is 11.1 Å². The second kappa shape index (κ2) is 9.43. The third-order valence-corrected chi connectivity index (χ3v) is 12.9. The van der Waals surface area contributed by atoms with E-state index < -0.39 is 0 Å². The molecule has 4 atom stereocenters. The van der Waals surface area contributed by atoms with Crippen molar-refractivity contribution in [2.24, 2.45) is 10.8 Å². The summed E-state index contributed by atoms with van der Waals surface area (Å²) >= 11 is 0. The molecule has 4 aromatic rings. The van der Waals surface area contributed by atoms with Crippen molar-refractivity contribution < 1.29 is 8.78 Å². The fourth-order valence-corrected chi connectivity index (χ4v) is 9.62. The van der Waals surface area contributed by atoms with Gasteiger partial charge in [0.25, 0.3) is 11.1 Å². The summed E-state index contributed by atoms with van der Waals surface area (Å²) in [5.74, 6) is -0.192. The molecule has 0 radical (unpaired) electrons. The Labute approximate surface area is 263 Å². The highest BCUT2D eigenvalue weighted by Crippen LogP contribution is 2.68. The average Bonchev–Trinajstić information content (AvgIpc) is 3.70. The van der Waals surface area contributed by atoms with Crippen LogP contribution in [0, 0.1) is 22.5 Å². The summed E-state index contributed by atoms with van der Waals surface area (Å²) in [6.07, 6.45) is 4.26. The molecule has 8 rings (SSSR count). The Morgan fingerprint density at radius 2 is 1.24 bits per heavy atom. The van der Waals surface area contributed by atoms with Gasteiger partial charge in [-0.15, -0.1) is 0 Å². The molecule has 2 fully saturated rings. The lowest BCUT2D eigenvalue weighted by molar-refractivity contribution is 0.212. The van der Waals surface area contributed by atoms with Crippen molar-refractivity contribution in [3.05, 3.63) is 103 Å². The second-order valence-corrected chi connectivity index (χ2v) is 15.6. The fraction of sp³-hybridized carbons (Fsp3) is 0.514. The molecule has 4 aliphatic carbocycles. The summed E-state index contributed by atoms with van der Waals surface area (Å²) in [5.41, 5.74) is 4.57. The van der Waals surface area contributed by atoms with Crippen molar-refractivity contribution >= 4 is 0 Å². The molecule has 6 nitrogen and oxygen atoms in total. The minimum atomic E-state index is -0.378. The summed E-state index contributed by atoms with van der Waals surface area (Å²) in [7, 11) is 0. The number of nitrogens with zero attached hydrogens (tertiary/aromatic N) is 3. The van der Waals surface area contributed by atoms with Crippen LogP contribution in [0.5, 0.6) is 0 Å². The van der Waals surface area contributed by atoms with Crippen molar-refractivity contribution in [3.63, 3.8) is 0 Å². The van der Waals surface area contributed by atoms with E-state index in [0.29, 0.717) is 11.4 Å². The van der Waals surface area contributed by atoms with Crippen LogP contribution in [0.4, 0.5) is 8.78 Å². The van der Waals surface area contributed by atoms with Gasteiger partial charge in [-0.1, -0.05) is 65.8 Å². The Hall–Kier alpha value is -3.68. The highest BCUT2D eigenvalue weighted by Gasteiger charge is 2.63. The molecule has 4 aliphatic rings. The van der Waals surface area contributed by atoms with Gasteiger partial charge in [0.2, 0.25) is 0 Å². The molecule has 238 valence electrons. The van der Waals surface area contributed by atoms with E-state index in [0.717, 1.165) is 48.2 Å². The summed E-state index contributed by atoms with van der Waals surface area (Å²) in [5, 5.41) is 3.21. The fourth-order valence-electron chi connectivity index (χ4n) is 9.62. The van der Waals surface area contributed by atoms with Crippen molar-refractivity contribution in [1.29, 1.82) is 0 Å². The van der Waals surface area contributed by atoms with Crippen molar-refractivity contribution in [1.82, 2.24) is 19.1 Å². The highest BCUT2D eigenvalue weighted by molar-refractivity contribution is 5.49. The first kappa shape index (κ1) is 30.0. The molecule has 1 N–H and O–H groups in total. The highest BCUT2D eigenvalue weighted by atomic mass is 19.1. The van der Waals surface area contributed by atoms with E-state index in [-0.39, 0.29) is 62.3 Å². The van der Waals surface area contributed by atoms with Crippen LogP contribution in [0.2, 0.25) is 0 Å². The van der Waals surface area contributed by atoms with E-state index in [9.17, 15) is 18.4 Å². The van der Waals surface area contributed by atoms with E-state index >= 15 is 0 Å². The molecule has 4 bridgehead atoms. The van der Waals surface area contributed by atoms with Gasteiger partial charge in [0.05, 0.1) is 5.69 Å². The third kappa shape index (κ3) is 3.60. The Morgan fingerprint density at radius 3 is 1.80 bits per heavy atom. The van der Waals surface area contributed by atoms with E-state index in [1.807, 2.05) is 0 Å². The number of H-pyrrole nitrogens is 1. The van der Waals surface area contributed by atoms with Crippen LogP contribution in [-0.4, -0.2) is 19.1 Å². The Bertz CT molecular complexity index is 1970. The standard InChI is InChI=1S/C20H25FN2O.C17H19FN2O/c1-12(2)22-17-16(13-10-11-20(17,5)19(13,3)4)18(24)23(22)15-9-7-6-8-14(15)21;1-16(2)10-8-9-17(16,3)14-13(10)15(21)20(19-14)12-7-5-4-6-11(12)18/h6-9,12-13H,10-11H2,1-5H3;4-7,10,19H,8-9H2,1-3H3/t13-,20+;10-,17+/m11/s1. The molecule has 8 heteroatoms. The molecule has 0 aliphatic heterocycles. The maximum atomic E-state index is 14.4. The normalized spacial score (nSPS) is 27.9. The third-order valence-electron chi connectivity index (χ3n) is 12.9. The number of nitrogens with one attached hydrogen (secondary N) is 1. The lowest BCUT2D eigenvalue weighted by Gasteiger charge is -2.37. The molecule has 0 unspecified atom stereocenters. The largest absolute Gasteiger partial charge is 0.294 e. The van der Waals surface area contributed by atoms with E-state index in [1.165, 1.54) is 16.8 Å². The minimum Gasteiger partial charge on any atom is -0.294 e. The molecule has 0 spiro atoms. The molecular formula is C37H44F2N4O2. The van der Waals surface area contributed by atoms with Gasteiger partial charge in [-0.2, -0.15) is 0 Å². The van der Waals surface area contributed by atoms with E-state index in [1.54, 1.807) is 41.1 Å². The van der Waals surface area contributed by atoms with Crippen molar-refractivity contribution in [2.45, 2.75) is 110 Å². The number of aromatic amines is 1. The quantitative estimate of drug-likeness (QED) is 0.254. The summed E-state index contributed by atoms with van der Waals surface area (Å²) in [4.78, 5) is 26.1. The van der Waals surface area contributed by atoms with Crippen LogP contribution in [0.3, 0.4) is 0 Å². The number of fused-ring (bicyclic) bond motifs is 10. The first-order valence-electron chi connectivity index (χ1n) is 16.3. The van der Waals surface area contributed by atoms with E-state index in [2.05, 4.69) is 65.2 Å². The predicted octanol–water partition coefficient (Wildman–Crippen LogP) is 8.01. The molecular weight excluding hydrogens is 570 g/mol. The van der Waals surface area contributed by atoms with Crippen LogP contribution >= 0.6 is 0 Å². The van der Waals surface area contributed by atoms with Gasteiger partial charge in [-0.3, -0.25) is 19.4 Å². The van der Waals surface area contributed by atoms with Gasteiger partial charge >= 0.3 is 0 Å². The summed E-state index contributed by atoms with van der Waals surface area (Å²) < 4.78 is 33.5. The monoisotopic (exact) mass is 614 g/mol. The molecule has 2 aromatic heterocycles. The number of halogens is 2. The molecule has 45 heavy (non-hydrogen) atoms. The zero-order valence-corrected chi connectivity index (χ0v) is 27.6. The number of hydrogen-bond acceptors (Lipinski definition) is 2. The SMILES string of the molecule is CC(C)n1c2c(c(=O)n1-c1ccccc1F)[C@H]1CC[C@]2(C)C1(C)C.CC1(C)[C@@H]2CC[C@@]1(C)c1[nH]n(-c3ccccc3F)c(=O)c12. The smallest absolute Gasteiger partial charge is 0.275 e. The zero-order chi connectivity index (χ0) is 32.4. The Morgan fingerprint density at radius 1 is 0.733 bits per heavy atom. The van der Waals surface area contributed by atoms with Crippen molar-refractivity contribution in [2.75, 3.05) is 0 Å². The number of para-hydroxylation sites is 2. The predicted molar refractivity (Wildman–Crippen MR) is 173 cm³/mol. The maximum Gasteiger partial charge on any atom is 0.275 e. The van der Waals surface area contributed by atoms with Gasteiger partial charge < -0.3 is 0 Å². The van der Waals surface area contributed by atoms with Crippen molar-refractivity contribution in [3.8, 4) is 11.4 Å². The molecule has 2 heterocycles. The van der Waals surface area contributed by atoms with Crippen LogP contribution in [-0.2, 0) is 10.8 Å². The average molecular weight is 615 g/mol. The van der Waals surface area contributed by atoms with Crippen LogP contribution in [0.25, 0.3) is 11.4 Å². The lowest BCUT2D eigenvalue weighted by Crippen LogP contribution is -2.36. The lowest BCUT2D eigenvalue weighted by atomic mass is 9.70. The van der Waals surface area contributed by atoms with Gasteiger partial charge in [-0.05, 0) is 86.5 Å². The van der Waals surface area contributed by atoms with Gasteiger partial charge in [-0.25, -0.2) is 18.1 Å². The Kier molecular flexibility index (Phi) is 6.28. The first-order valence-corrected chi connectivity index (χ1v) is 16.3. The first-order chi connectivity index (χ1) is 21.1. The zero-order valence-electron chi connectivity index (χ0n) is 27.6. The summed E-state index contributed by atoms with van der Waals surface area (Å²) in [6, 6.07) is 13.1. The number of aromatic nitrogens is 4. The van der Waals surface area contributed by atoms with Crippen LogP contribution in [0.1, 0.15) is 121 Å². The van der Waals surface area contributed by atoms with Crippen LogP contribution in [0.15, 0.2) is 58.1 Å². The molecule has 2 aromatic carbocycles. The second-order valence-electron chi connectivity index (χ2n) is 15.6. The Balaban J connectivity index is 0.000000146. The molecule has 0 amide bonds.